The topological polar surface area (TPSA) is 32.3 Å². The lowest BCUT2D eigenvalue weighted by molar-refractivity contribution is -0.0569. The van der Waals surface area contributed by atoms with Crippen LogP contribution in [0, 0.1) is 5.92 Å². The van der Waals surface area contributed by atoms with Gasteiger partial charge in [-0.3, -0.25) is 0 Å². The van der Waals surface area contributed by atoms with Gasteiger partial charge in [0.2, 0.25) is 0 Å². The summed E-state index contributed by atoms with van der Waals surface area (Å²) in [6.45, 7) is 1.06. The predicted octanol–water partition coefficient (Wildman–Crippen LogP) is 2.04. The summed E-state index contributed by atoms with van der Waals surface area (Å²) >= 11 is 0. The normalized spacial score (nSPS) is 38.3. The molecule has 1 aromatic rings. The van der Waals surface area contributed by atoms with E-state index >= 15 is 0 Å². The molecule has 2 heteroatoms. The van der Waals surface area contributed by atoms with E-state index in [0.29, 0.717) is 12.0 Å². The molecule has 2 fully saturated rings. The SMILES string of the molecule is OC1(c2ccccc2)CCCC2NCCC21. The third kappa shape index (κ3) is 1.48. The summed E-state index contributed by atoms with van der Waals surface area (Å²) < 4.78 is 0. The lowest BCUT2D eigenvalue weighted by Crippen LogP contribution is -2.45. The molecular formula is C14H19NO. The van der Waals surface area contributed by atoms with Crippen molar-refractivity contribution in [2.24, 2.45) is 5.92 Å². The average molecular weight is 217 g/mol. The number of hydrogen-bond donors (Lipinski definition) is 2. The first-order valence-corrected chi connectivity index (χ1v) is 6.32. The zero-order valence-electron chi connectivity index (χ0n) is 9.52. The fourth-order valence-corrected chi connectivity index (χ4v) is 3.50. The minimum Gasteiger partial charge on any atom is -0.385 e. The van der Waals surface area contributed by atoms with Crippen molar-refractivity contribution in [3.8, 4) is 0 Å². The number of benzene rings is 1. The highest BCUT2D eigenvalue weighted by atomic mass is 16.3. The Morgan fingerprint density at radius 3 is 2.81 bits per heavy atom. The first kappa shape index (κ1) is 10.3. The molecule has 1 aromatic carbocycles. The van der Waals surface area contributed by atoms with Crippen LogP contribution in [0.25, 0.3) is 0 Å². The molecule has 3 rings (SSSR count). The summed E-state index contributed by atoms with van der Waals surface area (Å²) in [6.07, 6.45) is 4.37. The van der Waals surface area contributed by atoms with Gasteiger partial charge in [0.1, 0.15) is 0 Å². The van der Waals surface area contributed by atoms with E-state index in [2.05, 4.69) is 17.4 Å². The molecule has 2 nitrogen and oxygen atoms in total. The summed E-state index contributed by atoms with van der Waals surface area (Å²) in [5, 5.41) is 14.5. The zero-order chi connectivity index (χ0) is 11.0. The van der Waals surface area contributed by atoms with Gasteiger partial charge in [-0.25, -0.2) is 0 Å². The van der Waals surface area contributed by atoms with Crippen molar-refractivity contribution >= 4 is 0 Å². The summed E-state index contributed by atoms with van der Waals surface area (Å²) in [5.41, 5.74) is 0.515. The molecule has 0 aromatic heterocycles. The molecule has 1 aliphatic heterocycles. The molecule has 2 aliphatic rings. The van der Waals surface area contributed by atoms with Crippen molar-refractivity contribution in [1.82, 2.24) is 5.32 Å². The predicted molar refractivity (Wildman–Crippen MR) is 64.1 cm³/mol. The van der Waals surface area contributed by atoms with E-state index in [-0.39, 0.29) is 0 Å². The van der Waals surface area contributed by atoms with Gasteiger partial charge in [0.15, 0.2) is 0 Å². The Morgan fingerprint density at radius 1 is 1.19 bits per heavy atom. The van der Waals surface area contributed by atoms with Crippen molar-refractivity contribution in [1.29, 1.82) is 0 Å². The summed E-state index contributed by atoms with van der Waals surface area (Å²) in [7, 11) is 0. The second-order valence-electron chi connectivity index (χ2n) is 5.14. The van der Waals surface area contributed by atoms with Crippen LogP contribution in [-0.4, -0.2) is 17.7 Å². The molecule has 1 saturated heterocycles. The van der Waals surface area contributed by atoms with Crippen LogP contribution in [0.2, 0.25) is 0 Å². The molecule has 3 atom stereocenters. The Morgan fingerprint density at radius 2 is 2.00 bits per heavy atom. The molecular weight excluding hydrogens is 198 g/mol. The van der Waals surface area contributed by atoms with E-state index in [1.54, 1.807) is 0 Å². The first-order valence-electron chi connectivity index (χ1n) is 6.32. The maximum Gasteiger partial charge on any atom is 0.0939 e. The maximum absolute atomic E-state index is 11.0. The number of rotatable bonds is 1. The molecule has 0 bridgehead atoms. The second-order valence-corrected chi connectivity index (χ2v) is 5.14. The monoisotopic (exact) mass is 217 g/mol. The van der Waals surface area contributed by atoms with Crippen molar-refractivity contribution in [2.45, 2.75) is 37.3 Å². The Labute approximate surface area is 96.7 Å². The fraction of sp³-hybridized carbons (Fsp3) is 0.571. The lowest BCUT2D eigenvalue weighted by Gasteiger charge is -2.41. The third-order valence-electron chi connectivity index (χ3n) is 4.31. The third-order valence-corrected chi connectivity index (χ3v) is 4.31. The molecule has 86 valence electrons. The van der Waals surface area contributed by atoms with Gasteiger partial charge in [0, 0.05) is 12.0 Å². The quantitative estimate of drug-likeness (QED) is 0.754. The molecule has 3 unspecified atom stereocenters. The van der Waals surface area contributed by atoms with Gasteiger partial charge in [0.25, 0.3) is 0 Å². The first-order chi connectivity index (χ1) is 7.81. The van der Waals surface area contributed by atoms with E-state index in [9.17, 15) is 5.11 Å². The smallest absolute Gasteiger partial charge is 0.0939 e. The number of aliphatic hydroxyl groups is 1. The van der Waals surface area contributed by atoms with Crippen LogP contribution in [0.1, 0.15) is 31.2 Å². The van der Waals surface area contributed by atoms with Crippen LogP contribution < -0.4 is 5.32 Å². The molecule has 1 heterocycles. The summed E-state index contributed by atoms with van der Waals surface area (Å²) in [6, 6.07) is 10.7. The van der Waals surface area contributed by atoms with Crippen LogP contribution in [0.15, 0.2) is 30.3 Å². The Bertz CT molecular complexity index is 364. The van der Waals surface area contributed by atoms with Crippen LogP contribution >= 0.6 is 0 Å². The van der Waals surface area contributed by atoms with Crippen molar-refractivity contribution < 1.29 is 5.11 Å². The van der Waals surface area contributed by atoms with E-state index in [0.717, 1.165) is 31.4 Å². The molecule has 0 spiro atoms. The van der Waals surface area contributed by atoms with Gasteiger partial charge < -0.3 is 10.4 Å². The summed E-state index contributed by atoms with van der Waals surface area (Å²) in [4.78, 5) is 0. The molecule has 0 radical (unpaired) electrons. The Hall–Kier alpha value is -0.860. The molecule has 2 N–H and O–H groups in total. The van der Waals surface area contributed by atoms with Crippen LogP contribution in [-0.2, 0) is 5.60 Å². The maximum atomic E-state index is 11.0. The van der Waals surface area contributed by atoms with Gasteiger partial charge in [0.05, 0.1) is 5.60 Å². The summed E-state index contributed by atoms with van der Waals surface area (Å²) in [5.74, 6) is 0.406. The zero-order valence-corrected chi connectivity index (χ0v) is 9.52. The van der Waals surface area contributed by atoms with Gasteiger partial charge in [-0.1, -0.05) is 30.3 Å². The van der Waals surface area contributed by atoms with Crippen LogP contribution in [0.3, 0.4) is 0 Å². The van der Waals surface area contributed by atoms with E-state index in [4.69, 9.17) is 0 Å². The molecule has 16 heavy (non-hydrogen) atoms. The Balaban J connectivity index is 1.96. The minimum absolute atomic E-state index is 0.406. The van der Waals surface area contributed by atoms with Gasteiger partial charge >= 0.3 is 0 Å². The Kier molecular flexibility index (Phi) is 2.49. The van der Waals surface area contributed by atoms with Crippen molar-refractivity contribution in [2.75, 3.05) is 6.54 Å². The highest BCUT2D eigenvalue weighted by Gasteiger charge is 2.47. The van der Waals surface area contributed by atoms with Crippen LogP contribution in [0.5, 0.6) is 0 Å². The van der Waals surface area contributed by atoms with E-state index < -0.39 is 5.60 Å². The molecule has 1 saturated carbocycles. The van der Waals surface area contributed by atoms with Crippen LogP contribution in [0.4, 0.5) is 0 Å². The second kappa shape index (κ2) is 3.86. The lowest BCUT2D eigenvalue weighted by atomic mass is 9.69. The number of hydrogen-bond acceptors (Lipinski definition) is 2. The van der Waals surface area contributed by atoms with Gasteiger partial charge in [-0.15, -0.1) is 0 Å². The van der Waals surface area contributed by atoms with Gasteiger partial charge in [-0.05, 0) is 37.8 Å². The number of fused-ring (bicyclic) bond motifs is 1. The molecule has 1 aliphatic carbocycles. The molecule has 0 amide bonds. The largest absolute Gasteiger partial charge is 0.385 e. The highest BCUT2D eigenvalue weighted by molar-refractivity contribution is 5.25. The minimum atomic E-state index is -0.590. The van der Waals surface area contributed by atoms with Gasteiger partial charge in [-0.2, -0.15) is 0 Å². The highest BCUT2D eigenvalue weighted by Crippen LogP contribution is 2.45. The van der Waals surface area contributed by atoms with E-state index in [1.165, 1.54) is 6.42 Å². The van der Waals surface area contributed by atoms with Crippen molar-refractivity contribution in [3.63, 3.8) is 0 Å². The number of nitrogens with one attached hydrogen (secondary N) is 1. The fourth-order valence-electron chi connectivity index (χ4n) is 3.50. The van der Waals surface area contributed by atoms with E-state index in [1.807, 2.05) is 18.2 Å². The van der Waals surface area contributed by atoms with Crippen molar-refractivity contribution in [3.05, 3.63) is 35.9 Å². The standard InChI is InChI=1S/C14H19NO/c16-14(11-5-2-1-3-6-11)9-4-7-13-12(14)8-10-15-13/h1-3,5-6,12-13,15-16H,4,7-10H2. The average Bonchev–Trinajstić information content (AvgIpc) is 2.80.